The Hall–Kier alpha value is -3.28. The van der Waals surface area contributed by atoms with Gasteiger partial charge >= 0.3 is 6.09 Å². The van der Waals surface area contributed by atoms with E-state index < -0.39 is 42.1 Å². The molecule has 9 nitrogen and oxygen atoms in total. The molecule has 176 valence electrons. The molecule has 9 heteroatoms. The molecule has 1 aromatic carbocycles. The summed E-state index contributed by atoms with van der Waals surface area (Å²) in [6, 6.07) is 5.48. The highest BCUT2D eigenvalue weighted by molar-refractivity contribution is 5.92. The number of alkyl carbamates (subject to hydrolysis) is 1. The number of ether oxygens (including phenoxy) is 1. The van der Waals surface area contributed by atoms with Crippen LogP contribution in [0.3, 0.4) is 0 Å². The fourth-order valence-corrected chi connectivity index (χ4v) is 3.03. The molecule has 0 saturated heterocycles. The molecular formula is C23H34N4O5. The van der Waals surface area contributed by atoms with Crippen molar-refractivity contribution in [2.24, 2.45) is 5.92 Å². The molecule has 0 fully saturated rings. The van der Waals surface area contributed by atoms with Gasteiger partial charge in [0.15, 0.2) is 0 Å². The maximum absolute atomic E-state index is 13.5. The Morgan fingerprint density at radius 1 is 1.12 bits per heavy atom. The number of nitrogens with one attached hydrogen (secondary N) is 2. The smallest absolute Gasteiger partial charge is 0.408 e. The molecule has 0 bridgehead atoms. The van der Waals surface area contributed by atoms with Crippen molar-refractivity contribution in [1.29, 1.82) is 5.26 Å². The number of aromatic hydroxyl groups is 1. The third-order valence-corrected chi connectivity index (χ3v) is 4.35. The van der Waals surface area contributed by atoms with E-state index in [-0.39, 0.29) is 23.3 Å². The number of carbonyl (C=O) groups is 3. The standard InChI is InChI=1S/C23H34N4O5/c1-14(2)18(26-22(31)32-23(5,6)7)21(30)27(13-12-24)19(20(29)25-15(3)4)16-10-8-9-11-17(16)28/h8-11,14-15,18-19,28H,13H2,1-7H3,(H,25,29)(H,26,31). The van der Waals surface area contributed by atoms with Gasteiger partial charge in [0.2, 0.25) is 11.8 Å². The molecule has 0 saturated carbocycles. The van der Waals surface area contributed by atoms with Gasteiger partial charge in [-0.05, 0) is 46.6 Å². The molecule has 0 aliphatic carbocycles. The highest BCUT2D eigenvalue weighted by Crippen LogP contribution is 2.30. The zero-order valence-electron chi connectivity index (χ0n) is 19.8. The van der Waals surface area contributed by atoms with Gasteiger partial charge in [0.25, 0.3) is 0 Å². The van der Waals surface area contributed by atoms with Crippen molar-refractivity contribution in [2.75, 3.05) is 6.54 Å². The maximum atomic E-state index is 13.5. The summed E-state index contributed by atoms with van der Waals surface area (Å²) in [5.41, 5.74) is -0.592. The minimum Gasteiger partial charge on any atom is -0.508 e. The summed E-state index contributed by atoms with van der Waals surface area (Å²) in [5.74, 6) is -1.74. The normalized spacial score (nSPS) is 13.1. The fourth-order valence-electron chi connectivity index (χ4n) is 3.03. The van der Waals surface area contributed by atoms with Gasteiger partial charge in [0.05, 0.1) is 6.07 Å². The first kappa shape index (κ1) is 26.8. The van der Waals surface area contributed by atoms with Crippen molar-refractivity contribution in [3.63, 3.8) is 0 Å². The van der Waals surface area contributed by atoms with Crippen molar-refractivity contribution < 1.29 is 24.2 Å². The number of phenolic OH excluding ortho intramolecular Hbond substituents is 1. The highest BCUT2D eigenvalue weighted by Gasteiger charge is 2.38. The van der Waals surface area contributed by atoms with Crippen LogP contribution in [0.1, 0.15) is 60.1 Å². The van der Waals surface area contributed by atoms with Crippen LogP contribution in [0.2, 0.25) is 0 Å². The van der Waals surface area contributed by atoms with Gasteiger partial charge in [-0.2, -0.15) is 5.26 Å². The second-order valence-corrected chi connectivity index (χ2v) is 9.12. The van der Waals surface area contributed by atoms with Crippen LogP contribution < -0.4 is 10.6 Å². The number of nitrogens with zero attached hydrogens (tertiary/aromatic N) is 2. The van der Waals surface area contributed by atoms with Gasteiger partial charge in [-0.3, -0.25) is 9.59 Å². The van der Waals surface area contributed by atoms with Crippen LogP contribution in [0, 0.1) is 17.2 Å². The Bertz CT molecular complexity index is 855. The van der Waals surface area contributed by atoms with E-state index in [4.69, 9.17) is 4.74 Å². The summed E-state index contributed by atoms with van der Waals surface area (Å²) in [4.78, 5) is 40.0. The topological polar surface area (TPSA) is 132 Å². The van der Waals surface area contributed by atoms with Crippen molar-refractivity contribution in [3.8, 4) is 11.8 Å². The van der Waals surface area contributed by atoms with Gasteiger partial charge in [-0.25, -0.2) is 4.79 Å². The molecule has 3 N–H and O–H groups in total. The van der Waals surface area contributed by atoms with Crippen molar-refractivity contribution in [1.82, 2.24) is 15.5 Å². The fraction of sp³-hybridized carbons (Fsp3) is 0.565. The molecule has 3 amide bonds. The van der Waals surface area contributed by atoms with E-state index in [1.165, 1.54) is 12.1 Å². The van der Waals surface area contributed by atoms with E-state index in [0.717, 1.165) is 4.90 Å². The number of carbonyl (C=O) groups excluding carboxylic acids is 3. The minimum atomic E-state index is -1.27. The van der Waals surface area contributed by atoms with E-state index in [1.807, 2.05) is 6.07 Å². The summed E-state index contributed by atoms with van der Waals surface area (Å²) in [6.07, 6.45) is -0.785. The average molecular weight is 447 g/mol. The molecule has 2 atom stereocenters. The predicted molar refractivity (Wildman–Crippen MR) is 119 cm³/mol. The van der Waals surface area contributed by atoms with Gasteiger partial charge in [-0.1, -0.05) is 32.0 Å². The summed E-state index contributed by atoms with van der Waals surface area (Å²) in [5, 5.41) is 25.1. The number of hydrogen-bond acceptors (Lipinski definition) is 6. The molecule has 0 aliphatic rings. The summed E-state index contributed by atoms with van der Waals surface area (Å²) in [7, 11) is 0. The summed E-state index contributed by atoms with van der Waals surface area (Å²) >= 11 is 0. The van der Waals surface area contributed by atoms with E-state index in [0.29, 0.717) is 0 Å². The zero-order valence-corrected chi connectivity index (χ0v) is 19.8. The first-order valence-electron chi connectivity index (χ1n) is 10.5. The molecule has 2 unspecified atom stereocenters. The van der Waals surface area contributed by atoms with Crippen LogP contribution in [0.25, 0.3) is 0 Å². The van der Waals surface area contributed by atoms with Gasteiger partial charge in [0, 0.05) is 11.6 Å². The molecule has 1 aromatic rings. The molecular weight excluding hydrogens is 412 g/mol. The maximum Gasteiger partial charge on any atom is 0.408 e. The number of para-hydroxylation sites is 1. The van der Waals surface area contributed by atoms with Crippen LogP contribution in [-0.2, 0) is 14.3 Å². The SMILES string of the molecule is CC(C)NC(=O)C(c1ccccc1O)N(CC#N)C(=O)C(NC(=O)OC(C)(C)C)C(C)C. The lowest BCUT2D eigenvalue weighted by Crippen LogP contribution is -2.55. The van der Waals surface area contributed by atoms with Gasteiger partial charge < -0.3 is 25.4 Å². The monoisotopic (exact) mass is 446 g/mol. The number of hydrogen-bond donors (Lipinski definition) is 3. The molecule has 0 spiro atoms. The van der Waals surface area contributed by atoms with Gasteiger partial charge in [0.1, 0.15) is 30.0 Å². The first-order valence-corrected chi connectivity index (χ1v) is 10.5. The van der Waals surface area contributed by atoms with E-state index in [2.05, 4.69) is 10.6 Å². The molecule has 1 rings (SSSR count). The minimum absolute atomic E-state index is 0.175. The van der Waals surface area contributed by atoms with Crippen molar-refractivity contribution in [2.45, 2.75) is 72.2 Å². The number of nitriles is 1. The lowest BCUT2D eigenvalue weighted by atomic mass is 9.98. The molecule has 0 aliphatic heterocycles. The lowest BCUT2D eigenvalue weighted by molar-refractivity contribution is -0.142. The third-order valence-electron chi connectivity index (χ3n) is 4.35. The van der Waals surface area contributed by atoms with E-state index in [1.54, 1.807) is 60.6 Å². The molecule has 32 heavy (non-hydrogen) atoms. The summed E-state index contributed by atoms with van der Waals surface area (Å²) < 4.78 is 5.27. The quantitative estimate of drug-likeness (QED) is 0.526. The van der Waals surface area contributed by atoms with Crippen LogP contribution in [0.5, 0.6) is 5.75 Å². The second-order valence-electron chi connectivity index (χ2n) is 9.12. The number of amides is 3. The zero-order chi connectivity index (χ0) is 24.6. The number of phenols is 1. The molecule has 0 aromatic heterocycles. The summed E-state index contributed by atoms with van der Waals surface area (Å²) in [6.45, 7) is 11.7. The Balaban J connectivity index is 3.42. The van der Waals surface area contributed by atoms with Gasteiger partial charge in [-0.15, -0.1) is 0 Å². The highest BCUT2D eigenvalue weighted by atomic mass is 16.6. The number of benzene rings is 1. The largest absolute Gasteiger partial charge is 0.508 e. The Kier molecular flexibility index (Phi) is 9.51. The van der Waals surface area contributed by atoms with E-state index in [9.17, 15) is 24.8 Å². The number of rotatable bonds is 8. The van der Waals surface area contributed by atoms with Crippen LogP contribution in [0.15, 0.2) is 24.3 Å². The molecule has 0 radical (unpaired) electrons. The van der Waals surface area contributed by atoms with Crippen LogP contribution >= 0.6 is 0 Å². The molecule has 0 heterocycles. The Labute approximate surface area is 189 Å². The lowest BCUT2D eigenvalue weighted by Gasteiger charge is -2.34. The van der Waals surface area contributed by atoms with Crippen molar-refractivity contribution >= 4 is 17.9 Å². The van der Waals surface area contributed by atoms with Crippen molar-refractivity contribution in [3.05, 3.63) is 29.8 Å². The Morgan fingerprint density at radius 2 is 1.72 bits per heavy atom. The first-order chi connectivity index (χ1) is 14.8. The van der Waals surface area contributed by atoms with Crippen LogP contribution in [0.4, 0.5) is 4.79 Å². The van der Waals surface area contributed by atoms with Crippen LogP contribution in [-0.4, -0.2) is 52.1 Å². The third kappa shape index (κ3) is 7.76. The second kappa shape index (κ2) is 11.4. The van der Waals surface area contributed by atoms with E-state index >= 15 is 0 Å². The average Bonchev–Trinajstić information content (AvgIpc) is 2.64. The Morgan fingerprint density at radius 3 is 2.19 bits per heavy atom. The predicted octanol–water partition coefficient (Wildman–Crippen LogP) is 2.86.